The van der Waals surface area contributed by atoms with Gasteiger partial charge in [0.25, 0.3) is 0 Å². The molecular weight excluding hydrogens is 318 g/mol. The Kier molecular flexibility index (Phi) is 6.56. The van der Waals surface area contributed by atoms with Gasteiger partial charge in [0.05, 0.1) is 6.42 Å². The largest absolute Gasteiger partial charge is 0.356 e. The second-order valence-corrected chi connectivity index (χ2v) is 6.70. The first-order valence-electron chi connectivity index (χ1n) is 8.88. The van der Waals surface area contributed by atoms with E-state index < -0.39 is 6.04 Å². The smallest absolute Gasteiger partial charge is 0.247 e. The molecule has 1 atom stereocenters. The van der Waals surface area contributed by atoms with Crippen LogP contribution in [0.4, 0.5) is 5.69 Å². The van der Waals surface area contributed by atoms with Gasteiger partial charge in [-0.05, 0) is 37.0 Å². The maximum atomic E-state index is 12.7. The number of nitrogens with one attached hydrogen (secondary N) is 2. The van der Waals surface area contributed by atoms with E-state index >= 15 is 0 Å². The number of rotatable bonds is 7. The Bertz CT molecular complexity index is 625. The predicted octanol–water partition coefficient (Wildman–Crippen LogP) is 1.95. The second-order valence-electron chi connectivity index (χ2n) is 6.70. The number of likely N-dealkylation sites (N-methyl/N-ethyl adjacent to an activating group) is 1. The van der Waals surface area contributed by atoms with E-state index in [1.165, 1.54) is 0 Å². The first-order valence-corrected chi connectivity index (χ1v) is 8.88. The summed E-state index contributed by atoms with van der Waals surface area (Å²) in [5.41, 5.74) is 1.56. The lowest BCUT2D eigenvalue weighted by molar-refractivity contribution is -0.136. The molecule has 2 rings (SSSR count). The minimum Gasteiger partial charge on any atom is -0.356 e. The van der Waals surface area contributed by atoms with E-state index in [0.717, 1.165) is 12.0 Å². The molecule has 1 aliphatic rings. The SMILES string of the molecule is CCNC(=O)Cc1ccc(NC(=O)[C@H](C(C)C)N2CCCC2=O)cc1. The molecular formula is C19H27N3O3. The van der Waals surface area contributed by atoms with E-state index in [1.54, 1.807) is 17.0 Å². The van der Waals surface area contributed by atoms with Gasteiger partial charge >= 0.3 is 0 Å². The van der Waals surface area contributed by atoms with Crippen LogP contribution in [0.5, 0.6) is 0 Å². The summed E-state index contributed by atoms with van der Waals surface area (Å²) in [5, 5.41) is 5.65. The minimum absolute atomic E-state index is 0.0216. The summed E-state index contributed by atoms with van der Waals surface area (Å²) in [5.74, 6) is -0.0985. The Hall–Kier alpha value is -2.37. The summed E-state index contributed by atoms with van der Waals surface area (Å²) in [6.45, 7) is 7.03. The Morgan fingerprint density at radius 3 is 2.40 bits per heavy atom. The molecule has 0 saturated carbocycles. The van der Waals surface area contributed by atoms with Crippen LogP contribution >= 0.6 is 0 Å². The average molecular weight is 345 g/mol. The lowest BCUT2D eigenvalue weighted by Gasteiger charge is -2.29. The molecule has 0 spiro atoms. The van der Waals surface area contributed by atoms with Gasteiger partial charge in [0.15, 0.2) is 0 Å². The number of hydrogen-bond acceptors (Lipinski definition) is 3. The molecule has 1 aliphatic heterocycles. The second kappa shape index (κ2) is 8.65. The zero-order valence-electron chi connectivity index (χ0n) is 15.2. The molecule has 1 heterocycles. The number of carbonyl (C=O) groups is 3. The van der Waals surface area contributed by atoms with E-state index in [2.05, 4.69) is 10.6 Å². The van der Waals surface area contributed by atoms with Crippen LogP contribution in [0.15, 0.2) is 24.3 Å². The molecule has 1 saturated heterocycles. The highest BCUT2D eigenvalue weighted by Crippen LogP contribution is 2.21. The third-order valence-corrected chi connectivity index (χ3v) is 4.31. The normalized spacial score (nSPS) is 15.4. The van der Waals surface area contributed by atoms with Crippen molar-refractivity contribution in [2.45, 2.75) is 46.1 Å². The van der Waals surface area contributed by atoms with Gasteiger partial charge in [0.1, 0.15) is 6.04 Å². The van der Waals surface area contributed by atoms with Gasteiger partial charge in [0, 0.05) is 25.2 Å². The van der Waals surface area contributed by atoms with E-state index in [0.29, 0.717) is 31.6 Å². The standard InChI is InChI=1S/C19H27N3O3/c1-4-20-16(23)12-14-7-9-15(10-8-14)21-19(25)18(13(2)3)22-11-5-6-17(22)24/h7-10,13,18H,4-6,11-12H2,1-3H3,(H,20,23)(H,21,25)/t18-/m0/s1. The number of anilines is 1. The van der Waals surface area contributed by atoms with Crippen LogP contribution in [-0.4, -0.2) is 41.8 Å². The fourth-order valence-corrected chi connectivity index (χ4v) is 3.13. The van der Waals surface area contributed by atoms with Crippen molar-refractivity contribution < 1.29 is 14.4 Å². The van der Waals surface area contributed by atoms with Crippen molar-refractivity contribution in [1.29, 1.82) is 0 Å². The molecule has 6 nitrogen and oxygen atoms in total. The highest BCUT2D eigenvalue weighted by atomic mass is 16.2. The van der Waals surface area contributed by atoms with E-state index in [9.17, 15) is 14.4 Å². The van der Waals surface area contributed by atoms with Crippen molar-refractivity contribution in [3.8, 4) is 0 Å². The lowest BCUT2D eigenvalue weighted by atomic mass is 10.0. The molecule has 0 unspecified atom stereocenters. The maximum absolute atomic E-state index is 12.7. The van der Waals surface area contributed by atoms with Crippen molar-refractivity contribution in [1.82, 2.24) is 10.2 Å². The number of carbonyl (C=O) groups excluding carboxylic acids is 3. The molecule has 1 aromatic carbocycles. The number of benzene rings is 1. The topological polar surface area (TPSA) is 78.5 Å². The Morgan fingerprint density at radius 1 is 1.20 bits per heavy atom. The molecule has 25 heavy (non-hydrogen) atoms. The fraction of sp³-hybridized carbons (Fsp3) is 0.526. The first-order chi connectivity index (χ1) is 11.9. The van der Waals surface area contributed by atoms with Gasteiger partial charge in [0.2, 0.25) is 17.7 Å². The molecule has 1 aromatic rings. The van der Waals surface area contributed by atoms with E-state index in [-0.39, 0.29) is 23.6 Å². The molecule has 136 valence electrons. The van der Waals surface area contributed by atoms with Crippen LogP contribution in [-0.2, 0) is 20.8 Å². The number of amides is 3. The van der Waals surface area contributed by atoms with Crippen molar-refractivity contribution in [2.75, 3.05) is 18.4 Å². The monoisotopic (exact) mass is 345 g/mol. The quantitative estimate of drug-likeness (QED) is 0.793. The van der Waals surface area contributed by atoms with Crippen molar-refractivity contribution in [3.05, 3.63) is 29.8 Å². The van der Waals surface area contributed by atoms with Gasteiger partial charge in [-0.15, -0.1) is 0 Å². The van der Waals surface area contributed by atoms with Crippen LogP contribution in [0.25, 0.3) is 0 Å². The van der Waals surface area contributed by atoms with E-state index in [1.807, 2.05) is 32.9 Å². The third kappa shape index (κ3) is 5.05. The van der Waals surface area contributed by atoms with Crippen LogP contribution in [0.1, 0.15) is 39.2 Å². The Labute approximate surface area is 149 Å². The molecule has 0 radical (unpaired) electrons. The van der Waals surface area contributed by atoms with Gasteiger partial charge in [-0.3, -0.25) is 14.4 Å². The zero-order valence-corrected chi connectivity index (χ0v) is 15.2. The Morgan fingerprint density at radius 2 is 1.88 bits per heavy atom. The van der Waals surface area contributed by atoms with Crippen LogP contribution in [0.2, 0.25) is 0 Å². The number of nitrogens with zero attached hydrogens (tertiary/aromatic N) is 1. The predicted molar refractivity (Wildman–Crippen MR) is 97.0 cm³/mol. The molecule has 2 N–H and O–H groups in total. The summed E-state index contributed by atoms with van der Waals surface area (Å²) in [4.78, 5) is 37.9. The minimum atomic E-state index is -0.454. The summed E-state index contributed by atoms with van der Waals surface area (Å²) < 4.78 is 0. The van der Waals surface area contributed by atoms with Crippen LogP contribution in [0.3, 0.4) is 0 Å². The van der Waals surface area contributed by atoms with Gasteiger partial charge in [-0.2, -0.15) is 0 Å². The van der Waals surface area contributed by atoms with Crippen molar-refractivity contribution in [2.24, 2.45) is 5.92 Å². The molecule has 6 heteroatoms. The summed E-state index contributed by atoms with van der Waals surface area (Å²) in [6, 6.07) is 6.78. The summed E-state index contributed by atoms with van der Waals surface area (Å²) in [7, 11) is 0. The molecule has 0 aliphatic carbocycles. The zero-order chi connectivity index (χ0) is 18.4. The highest BCUT2D eigenvalue weighted by Gasteiger charge is 2.34. The maximum Gasteiger partial charge on any atom is 0.247 e. The van der Waals surface area contributed by atoms with Crippen molar-refractivity contribution >= 4 is 23.4 Å². The fourth-order valence-electron chi connectivity index (χ4n) is 3.13. The summed E-state index contributed by atoms with van der Waals surface area (Å²) in [6.07, 6.45) is 1.65. The Balaban J connectivity index is 2.01. The van der Waals surface area contributed by atoms with Gasteiger partial charge in [-0.25, -0.2) is 0 Å². The molecule has 3 amide bonds. The highest BCUT2D eigenvalue weighted by molar-refractivity contribution is 5.97. The third-order valence-electron chi connectivity index (χ3n) is 4.31. The van der Waals surface area contributed by atoms with Crippen LogP contribution in [0, 0.1) is 5.92 Å². The van der Waals surface area contributed by atoms with Crippen LogP contribution < -0.4 is 10.6 Å². The van der Waals surface area contributed by atoms with E-state index in [4.69, 9.17) is 0 Å². The molecule has 0 aromatic heterocycles. The summed E-state index contributed by atoms with van der Waals surface area (Å²) >= 11 is 0. The number of likely N-dealkylation sites (tertiary alicyclic amines) is 1. The first kappa shape index (κ1) is 19.0. The van der Waals surface area contributed by atoms with Gasteiger partial charge < -0.3 is 15.5 Å². The number of hydrogen-bond donors (Lipinski definition) is 2. The molecule has 0 bridgehead atoms. The van der Waals surface area contributed by atoms with Crippen molar-refractivity contribution in [3.63, 3.8) is 0 Å². The molecule has 1 fully saturated rings. The average Bonchev–Trinajstić information content (AvgIpc) is 2.95. The lowest BCUT2D eigenvalue weighted by Crippen LogP contribution is -2.47. The van der Waals surface area contributed by atoms with Gasteiger partial charge in [-0.1, -0.05) is 26.0 Å².